The molecular weight excluding hydrogens is 270 g/mol. The van der Waals surface area contributed by atoms with Crippen molar-refractivity contribution in [3.05, 3.63) is 39.9 Å². The van der Waals surface area contributed by atoms with Gasteiger partial charge in [0.05, 0.1) is 6.20 Å². The van der Waals surface area contributed by atoms with Gasteiger partial charge in [0.2, 0.25) is 0 Å². The molecule has 7 heteroatoms. The molecule has 2 N–H and O–H groups in total. The molecule has 2 rings (SSSR count). The van der Waals surface area contributed by atoms with Crippen LogP contribution in [0.3, 0.4) is 0 Å². The minimum absolute atomic E-state index is 0.198. The summed E-state index contributed by atoms with van der Waals surface area (Å²) in [5.74, 6) is 0.204. The molecule has 0 saturated heterocycles. The van der Waals surface area contributed by atoms with E-state index >= 15 is 0 Å². The van der Waals surface area contributed by atoms with Crippen molar-refractivity contribution in [3.8, 4) is 0 Å². The van der Waals surface area contributed by atoms with Gasteiger partial charge < -0.3 is 5.32 Å². The zero-order valence-corrected chi connectivity index (χ0v) is 12.2. The predicted octanol–water partition coefficient (Wildman–Crippen LogP) is 1.58. The smallest absolute Gasteiger partial charge is 0.277 e. The van der Waals surface area contributed by atoms with Crippen LogP contribution in [-0.2, 0) is 13.0 Å². The van der Waals surface area contributed by atoms with Gasteiger partial charge in [-0.2, -0.15) is 10.2 Å². The van der Waals surface area contributed by atoms with Crippen molar-refractivity contribution in [2.24, 2.45) is 0 Å². The summed E-state index contributed by atoms with van der Waals surface area (Å²) in [7, 11) is 0. The van der Waals surface area contributed by atoms with Gasteiger partial charge in [0.1, 0.15) is 11.5 Å². The van der Waals surface area contributed by atoms with Crippen molar-refractivity contribution in [1.82, 2.24) is 20.0 Å². The van der Waals surface area contributed by atoms with Gasteiger partial charge in [-0.1, -0.05) is 20.3 Å². The van der Waals surface area contributed by atoms with Crippen molar-refractivity contribution in [1.29, 1.82) is 0 Å². The summed E-state index contributed by atoms with van der Waals surface area (Å²) in [6.45, 7) is 4.52. The lowest BCUT2D eigenvalue weighted by Gasteiger charge is -2.07. The number of rotatable bonds is 6. The SMILES string of the molecule is CCCCn1nc(C(=O)Nc2[nH]ncc2CC)ccc1=O. The number of nitrogens with one attached hydrogen (secondary N) is 2. The summed E-state index contributed by atoms with van der Waals surface area (Å²) < 4.78 is 1.33. The first kappa shape index (κ1) is 15.0. The molecule has 0 aliphatic heterocycles. The van der Waals surface area contributed by atoms with Gasteiger partial charge >= 0.3 is 0 Å². The molecular formula is C14H19N5O2. The molecule has 0 aliphatic carbocycles. The highest BCUT2D eigenvalue weighted by Crippen LogP contribution is 2.12. The second-order valence-electron chi connectivity index (χ2n) is 4.71. The number of H-pyrrole nitrogens is 1. The number of nitrogens with zero attached hydrogens (tertiary/aromatic N) is 3. The van der Waals surface area contributed by atoms with Crippen molar-refractivity contribution in [2.75, 3.05) is 5.32 Å². The molecule has 0 spiro atoms. The second kappa shape index (κ2) is 6.83. The monoisotopic (exact) mass is 289 g/mol. The van der Waals surface area contributed by atoms with E-state index in [1.165, 1.54) is 16.8 Å². The lowest BCUT2D eigenvalue weighted by molar-refractivity contribution is 0.101. The standard InChI is InChI=1S/C14H19N5O2/c1-3-5-8-19-12(20)7-6-11(18-19)14(21)16-13-10(4-2)9-15-17-13/h6-7,9H,3-5,8H2,1-2H3,(H2,15,16,17,21). The largest absolute Gasteiger partial charge is 0.305 e. The number of carbonyl (C=O) groups is 1. The Morgan fingerprint density at radius 1 is 1.38 bits per heavy atom. The van der Waals surface area contributed by atoms with Gasteiger partial charge in [0.15, 0.2) is 0 Å². The number of anilines is 1. The average Bonchev–Trinajstić information content (AvgIpc) is 2.93. The Hall–Kier alpha value is -2.44. The van der Waals surface area contributed by atoms with E-state index in [9.17, 15) is 9.59 Å². The Morgan fingerprint density at radius 2 is 2.19 bits per heavy atom. The number of aromatic amines is 1. The van der Waals surface area contributed by atoms with Gasteiger partial charge in [-0.3, -0.25) is 14.7 Å². The van der Waals surface area contributed by atoms with Crippen LogP contribution in [0.15, 0.2) is 23.1 Å². The minimum atomic E-state index is -0.362. The van der Waals surface area contributed by atoms with Crippen LogP contribution in [0.5, 0.6) is 0 Å². The highest BCUT2D eigenvalue weighted by atomic mass is 16.2. The molecule has 0 atom stereocenters. The molecule has 0 fully saturated rings. The molecule has 2 aromatic heterocycles. The summed E-state index contributed by atoms with van der Waals surface area (Å²) in [4.78, 5) is 23.9. The van der Waals surface area contributed by atoms with Gasteiger partial charge in [-0.25, -0.2) is 4.68 Å². The molecule has 2 aromatic rings. The molecule has 1 amide bonds. The summed E-state index contributed by atoms with van der Waals surface area (Å²) in [5.41, 5.74) is 0.931. The summed E-state index contributed by atoms with van der Waals surface area (Å²) >= 11 is 0. The van der Waals surface area contributed by atoms with Gasteiger partial charge in [-0.15, -0.1) is 0 Å². The molecule has 21 heavy (non-hydrogen) atoms. The molecule has 0 aromatic carbocycles. The average molecular weight is 289 g/mol. The zero-order chi connectivity index (χ0) is 15.2. The number of hydrogen-bond acceptors (Lipinski definition) is 4. The van der Waals surface area contributed by atoms with Crippen molar-refractivity contribution < 1.29 is 4.79 Å². The van der Waals surface area contributed by atoms with E-state index in [4.69, 9.17) is 0 Å². The van der Waals surface area contributed by atoms with E-state index < -0.39 is 0 Å². The maximum atomic E-state index is 12.2. The van der Waals surface area contributed by atoms with Crippen LogP contribution in [-0.4, -0.2) is 25.9 Å². The third-order valence-corrected chi connectivity index (χ3v) is 3.16. The van der Waals surface area contributed by atoms with Crippen LogP contribution in [0.4, 0.5) is 5.82 Å². The molecule has 7 nitrogen and oxygen atoms in total. The Labute approximate surface area is 122 Å². The molecule has 0 bridgehead atoms. The molecule has 112 valence electrons. The number of amides is 1. The second-order valence-corrected chi connectivity index (χ2v) is 4.71. The van der Waals surface area contributed by atoms with E-state index in [0.717, 1.165) is 24.8 Å². The third kappa shape index (κ3) is 3.56. The fourth-order valence-corrected chi connectivity index (χ4v) is 1.90. The van der Waals surface area contributed by atoms with Crippen molar-refractivity contribution in [3.63, 3.8) is 0 Å². The number of aryl methyl sites for hydroxylation is 2. The van der Waals surface area contributed by atoms with Crippen LogP contribution in [0.1, 0.15) is 42.7 Å². The first-order valence-corrected chi connectivity index (χ1v) is 7.07. The normalized spacial score (nSPS) is 10.6. The quantitative estimate of drug-likeness (QED) is 0.844. The van der Waals surface area contributed by atoms with Crippen LogP contribution < -0.4 is 10.9 Å². The highest BCUT2D eigenvalue weighted by molar-refractivity contribution is 6.02. The van der Waals surface area contributed by atoms with E-state index in [1.807, 2.05) is 13.8 Å². The molecule has 0 saturated carbocycles. The van der Waals surface area contributed by atoms with Gasteiger partial charge in [-0.05, 0) is 18.9 Å². The maximum absolute atomic E-state index is 12.2. The molecule has 0 radical (unpaired) electrons. The Balaban J connectivity index is 2.17. The van der Waals surface area contributed by atoms with E-state index in [0.29, 0.717) is 12.4 Å². The van der Waals surface area contributed by atoms with Gasteiger partial charge in [0.25, 0.3) is 11.5 Å². The fraction of sp³-hybridized carbons (Fsp3) is 0.429. The molecule has 0 unspecified atom stereocenters. The predicted molar refractivity (Wildman–Crippen MR) is 79.3 cm³/mol. The maximum Gasteiger partial charge on any atom is 0.277 e. The number of carbonyl (C=O) groups excluding carboxylic acids is 1. The molecule has 2 heterocycles. The minimum Gasteiger partial charge on any atom is -0.305 e. The Morgan fingerprint density at radius 3 is 2.90 bits per heavy atom. The first-order chi connectivity index (χ1) is 10.2. The Kier molecular flexibility index (Phi) is 4.86. The van der Waals surface area contributed by atoms with Crippen molar-refractivity contribution in [2.45, 2.75) is 39.7 Å². The Bertz CT molecular complexity index is 674. The van der Waals surface area contributed by atoms with E-state index in [2.05, 4.69) is 20.6 Å². The zero-order valence-electron chi connectivity index (χ0n) is 12.2. The van der Waals surface area contributed by atoms with Crippen molar-refractivity contribution >= 4 is 11.7 Å². The topological polar surface area (TPSA) is 92.7 Å². The van der Waals surface area contributed by atoms with E-state index in [1.54, 1.807) is 6.20 Å². The fourth-order valence-electron chi connectivity index (χ4n) is 1.90. The van der Waals surface area contributed by atoms with Crippen LogP contribution in [0.2, 0.25) is 0 Å². The number of aromatic nitrogens is 4. The van der Waals surface area contributed by atoms with Crippen LogP contribution in [0, 0.1) is 0 Å². The van der Waals surface area contributed by atoms with Gasteiger partial charge in [0, 0.05) is 18.2 Å². The van der Waals surface area contributed by atoms with Crippen LogP contribution in [0.25, 0.3) is 0 Å². The van der Waals surface area contributed by atoms with E-state index in [-0.39, 0.29) is 17.2 Å². The third-order valence-electron chi connectivity index (χ3n) is 3.16. The summed E-state index contributed by atoms with van der Waals surface area (Å²) in [6.07, 6.45) is 4.23. The lowest BCUT2D eigenvalue weighted by atomic mass is 10.2. The number of unbranched alkanes of at least 4 members (excludes halogenated alkanes) is 1. The lowest BCUT2D eigenvalue weighted by Crippen LogP contribution is -2.26. The summed E-state index contributed by atoms with van der Waals surface area (Å²) in [6, 6.07) is 2.80. The first-order valence-electron chi connectivity index (χ1n) is 7.07. The molecule has 0 aliphatic rings. The highest BCUT2D eigenvalue weighted by Gasteiger charge is 2.12. The number of hydrogen-bond donors (Lipinski definition) is 2. The van der Waals surface area contributed by atoms with Crippen LogP contribution >= 0.6 is 0 Å². The summed E-state index contributed by atoms with van der Waals surface area (Å²) in [5, 5.41) is 13.5.